The van der Waals surface area contributed by atoms with Crippen molar-refractivity contribution in [2.75, 3.05) is 13.1 Å². The summed E-state index contributed by atoms with van der Waals surface area (Å²) < 4.78 is 26.7. The van der Waals surface area contributed by atoms with Gasteiger partial charge in [-0.3, -0.25) is 4.79 Å². The van der Waals surface area contributed by atoms with Crippen molar-refractivity contribution in [1.82, 2.24) is 10.6 Å². The zero-order valence-corrected chi connectivity index (χ0v) is 15.5. The van der Waals surface area contributed by atoms with Gasteiger partial charge in [0.05, 0.1) is 6.42 Å². The van der Waals surface area contributed by atoms with Gasteiger partial charge in [0.1, 0.15) is 0 Å². The lowest BCUT2D eigenvalue weighted by Crippen LogP contribution is -2.50. The summed E-state index contributed by atoms with van der Waals surface area (Å²) >= 11 is 5.85. The van der Waals surface area contributed by atoms with Gasteiger partial charge in [-0.05, 0) is 48.4 Å². The number of rotatable bonds is 4. The molecular weight excluding hydrogens is 381 g/mol. The van der Waals surface area contributed by atoms with E-state index in [0.29, 0.717) is 17.1 Å². The zero-order valence-electron chi connectivity index (χ0n) is 14.0. The third-order valence-electron chi connectivity index (χ3n) is 4.48. The lowest BCUT2D eigenvalue weighted by Gasteiger charge is -2.33. The molecule has 0 aromatic heterocycles. The Bertz CT molecular complexity index is 756. The molecule has 1 heterocycles. The quantitative estimate of drug-likeness (QED) is 0.818. The van der Waals surface area contributed by atoms with Crippen molar-refractivity contribution < 1.29 is 13.6 Å². The molecular formula is C19H20Cl2F2N2O. The van der Waals surface area contributed by atoms with Crippen molar-refractivity contribution in [2.45, 2.75) is 24.8 Å². The highest BCUT2D eigenvalue weighted by Crippen LogP contribution is 2.27. The Hall–Kier alpha value is -1.69. The Morgan fingerprint density at radius 1 is 1.15 bits per heavy atom. The molecule has 0 bridgehead atoms. The van der Waals surface area contributed by atoms with Crippen LogP contribution in [0.5, 0.6) is 0 Å². The molecule has 2 N–H and O–H groups in total. The Morgan fingerprint density at radius 2 is 1.88 bits per heavy atom. The molecule has 7 heteroatoms. The number of piperidine rings is 1. The highest BCUT2D eigenvalue weighted by Gasteiger charge is 2.28. The van der Waals surface area contributed by atoms with Crippen molar-refractivity contribution >= 4 is 29.9 Å². The maximum absolute atomic E-state index is 13.6. The lowest BCUT2D eigenvalue weighted by molar-refractivity contribution is -0.121. The van der Waals surface area contributed by atoms with Crippen LogP contribution < -0.4 is 10.6 Å². The van der Waals surface area contributed by atoms with E-state index in [1.165, 1.54) is 6.07 Å². The average molecular weight is 401 g/mol. The first-order valence-electron chi connectivity index (χ1n) is 8.22. The minimum absolute atomic E-state index is 0. The number of carbonyl (C=O) groups is 1. The van der Waals surface area contributed by atoms with Gasteiger partial charge >= 0.3 is 0 Å². The number of carbonyl (C=O) groups excluding carboxylic acids is 1. The van der Waals surface area contributed by atoms with Crippen molar-refractivity contribution in [2.24, 2.45) is 0 Å². The van der Waals surface area contributed by atoms with Crippen LogP contribution in [0.1, 0.15) is 23.5 Å². The first-order valence-corrected chi connectivity index (χ1v) is 8.60. The maximum atomic E-state index is 13.6. The van der Waals surface area contributed by atoms with E-state index < -0.39 is 11.6 Å². The van der Waals surface area contributed by atoms with Crippen molar-refractivity contribution in [3.63, 3.8) is 0 Å². The maximum Gasteiger partial charge on any atom is 0.224 e. The summed E-state index contributed by atoms with van der Waals surface area (Å²) in [7, 11) is 0. The predicted octanol–water partition coefficient (Wildman–Crippen LogP) is 3.84. The third-order valence-corrected chi connectivity index (χ3v) is 4.73. The molecule has 1 fully saturated rings. The molecule has 1 amide bonds. The van der Waals surface area contributed by atoms with Crippen molar-refractivity contribution in [3.05, 3.63) is 70.2 Å². The van der Waals surface area contributed by atoms with E-state index in [9.17, 15) is 13.6 Å². The summed E-state index contributed by atoms with van der Waals surface area (Å²) in [4.78, 5) is 12.4. The molecule has 2 unspecified atom stereocenters. The smallest absolute Gasteiger partial charge is 0.224 e. The molecule has 2 aromatic rings. The average Bonchev–Trinajstić information content (AvgIpc) is 2.60. The number of hydrogen-bond acceptors (Lipinski definition) is 2. The predicted molar refractivity (Wildman–Crippen MR) is 101 cm³/mol. The van der Waals surface area contributed by atoms with E-state index in [-0.39, 0.29) is 36.7 Å². The second-order valence-corrected chi connectivity index (χ2v) is 6.69. The highest BCUT2D eigenvalue weighted by atomic mass is 35.5. The van der Waals surface area contributed by atoms with E-state index in [2.05, 4.69) is 10.6 Å². The number of amides is 1. The van der Waals surface area contributed by atoms with E-state index in [1.807, 2.05) is 12.1 Å². The van der Waals surface area contributed by atoms with Crippen LogP contribution in [-0.4, -0.2) is 25.0 Å². The molecule has 0 aliphatic carbocycles. The molecule has 1 aliphatic heterocycles. The second-order valence-electron chi connectivity index (χ2n) is 6.25. The molecule has 2 aromatic carbocycles. The van der Waals surface area contributed by atoms with Gasteiger partial charge < -0.3 is 10.6 Å². The van der Waals surface area contributed by atoms with Crippen LogP contribution >= 0.6 is 24.0 Å². The summed E-state index contributed by atoms with van der Waals surface area (Å²) in [5.74, 6) is -1.88. The van der Waals surface area contributed by atoms with Crippen LogP contribution in [0.3, 0.4) is 0 Å². The molecule has 3 rings (SSSR count). The molecule has 0 radical (unpaired) electrons. The highest BCUT2D eigenvalue weighted by molar-refractivity contribution is 6.30. The first-order chi connectivity index (χ1) is 12.0. The summed E-state index contributed by atoms with van der Waals surface area (Å²) in [5, 5.41) is 6.88. The Kier molecular flexibility index (Phi) is 7.38. The fourth-order valence-corrected chi connectivity index (χ4v) is 3.32. The fourth-order valence-electron chi connectivity index (χ4n) is 3.20. The molecule has 0 saturated carbocycles. The normalized spacial score (nSPS) is 19.5. The third kappa shape index (κ3) is 5.16. The van der Waals surface area contributed by atoms with Crippen LogP contribution in [0, 0.1) is 11.6 Å². The van der Waals surface area contributed by atoms with Crippen LogP contribution in [-0.2, 0) is 11.2 Å². The zero-order chi connectivity index (χ0) is 17.8. The molecule has 1 saturated heterocycles. The van der Waals surface area contributed by atoms with Crippen LogP contribution in [0.2, 0.25) is 5.02 Å². The Morgan fingerprint density at radius 3 is 2.58 bits per heavy atom. The van der Waals surface area contributed by atoms with Gasteiger partial charge in [-0.15, -0.1) is 12.4 Å². The minimum atomic E-state index is -0.860. The summed E-state index contributed by atoms with van der Waals surface area (Å²) in [6.45, 7) is 1.36. The molecule has 0 spiro atoms. The first kappa shape index (κ1) is 20.6. The van der Waals surface area contributed by atoms with Crippen LogP contribution in [0.4, 0.5) is 8.78 Å². The topological polar surface area (TPSA) is 41.1 Å². The summed E-state index contributed by atoms with van der Waals surface area (Å²) in [5.41, 5.74) is 1.58. The van der Waals surface area contributed by atoms with E-state index in [4.69, 9.17) is 11.6 Å². The molecule has 26 heavy (non-hydrogen) atoms. The fraction of sp³-hybridized carbons (Fsp3) is 0.316. The van der Waals surface area contributed by atoms with Gasteiger partial charge in [0.25, 0.3) is 0 Å². The van der Waals surface area contributed by atoms with E-state index >= 15 is 0 Å². The molecule has 3 nitrogen and oxygen atoms in total. The van der Waals surface area contributed by atoms with Crippen molar-refractivity contribution in [3.8, 4) is 0 Å². The standard InChI is InChI=1S/C19H19ClF2N2O.ClH/c20-14-4-1-12(2-5-14)9-19(25)24-18-11-23-8-7-15(18)13-3-6-16(21)17(22)10-13;/h1-6,10,15,18,23H,7-9,11H2,(H,24,25);1H. The number of hydrogen-bond donors (Lipinski definition) is 2. The second kappa shape index (κ2) is 9.31. The monoisotopic (exact) mass is 400 g/mol. The largest absolute Gasteiger partial charge is 0.351 e. The van der Waals surface area contributed by atoms with Gasteiger partial charge in [-0.25, -0.2) is 8.78 Å². The van der Waals surface area contributed by atoms with Gasteiger partial charge in [0, 0.05) is 23.5 Å². The molecule has 2 atom stereocenters. The minimum Gasteiger partial charge on any atom is -0.351 e. The molecule has 140 valence electrons. The van der Waals surface area contributed by atoms with Crippen LogP contribution in [0.25, 0.3) is 0 Å². The van der Waals surface area contributed by atoms with Gasteiger partial charge in [-0.2, -0.15) is 0 Å². The summed E-state index contributed by atoms with van der Waals surface area (Å²) in [6.07, 6.45) is 0.995. The number of benzene rings is 2. The number of nitrogens with one attached hydrogen (secondary N) is 2. The molecule has 1 aliphatic rings. The Labute approximate surface area is 162 Å². The number of halogens is 4. The van der Waals surface area contributed by atoms with Gasteiger partial charge in [0.2, 0.25) is 5.91 Å². The van der Waals surface area contributed by atoms with Crippen LogP contribution in [0.15, 0.2) is 42.5 Å². The van der Waals surface area contributed by atoms with E-state index in [0.717, 1.165) is 24.6 Å². The van der Waals surface area contributed by atoms with E-state index in [1.54, 1.807) is 18.2 Å². The summed E-state index contributed by atoms with van der Waals surface area (Å²) in [6, 6.07) is 10.9. The van der Waals surface area contributed by atoms with Crippen molar-refractivity contribution in [1.29, 1.82) is 0 Å². The van der Waals surface area contributed by atoms with Gasteiger partial charge in [0.15, 0.2) is 11.6 Å². The SMILES string of the molecule is Cl.O=C(Cc1ccc(Cl)cc1)NC1CNCCC1c1ccc(F)c(F)c1. The lowest BCUT2D eigenvalue weighted by atomic mass is 9.86. The Balaban J connectivity index is 0.00000243. The van der Waals surface area contributed by atoms with Gasteiger partial charge in [-0.1, -0.05) is 29.8 Å².